The van der Waals surface area contributed by atoms with E-state index in [4.69, 9.17) is 0 Å². The second-order valence-electron chi connectivity index (χ2n) is 6.70. The number of carbonyl (C=O) groups excluding carboxylic acids is 2. The summed E-state index contributed by atoms with van der Waals surface area (Å²) in [5.41, 5.74) is 3.07. The summed E-state index contributed by atoms with van der Waals surface area (Å²) in [4.78, 5) is 30.7. The molecule has 1 aliphatic rings. The molecular formula is C24H20N2O2. The maximum atomic E-state index is 13.5. The number of Topliss-reactive ketones (excluding diaryl/α,β-unsaturated/α-hetero) is 2. The lowest BCUT2D eigenvalue weighted by atomic mass is 9.95. The van der Waals surface area contributed by atoms with Crippen LogP contribution in [0, 0.1) is 0 Å². The Kier molecular flexibility index (Phi) is 4.53. The molecule has 0 bridgehead atoms. The Hall–Kier alpha value is -3.66. The number of ketones is 2. The molecule has 1 aliphatic heterocycles. The van der Waals surface area contributed by atoms with Gasteiger partial charge in [-0.3, -0.25) is 9.59 Å². The number of nitrogens with zero attached hydrogens (tertiary/aromatic N) is 2. The van der Waals surface area contributed by atoms with E-state index in [0.29, 0.717) is 16.9 Å². The predicted octanol–water partition coefficient (Wildman–Crippen LogP) is 4.55. The highest BCUT2D eigenvalue weighted by Gasteiger charge is 2.35. The largest absolute Gasteiger partial charge is 0.328 e. The van der Waals surface area contributed by atoms with Crippen LogP contribution in [-0.2, 0) is 0 Å². The van der Waals surface area contributed by atoms with Crippen LogP contribution in [0.2, 0.25) is 0 Å². The number of para-hydroxylation sites is 2. The zero-order valence-electron chi connectivity index (χ0n) is 15.8. The van der Waals surface area contributed by atoms with Crippen molar-refractivity contribution in [2.45, 2.75) is 0 Å². The van der Waals surface area contributed by atoms with Crippen molar-refractivity contribution in [3.63, 3.8) is 0 Å². The molecule has 0 spiro atoms. The number of rotatable bonds is 4. The summed E-state index contributed by atoms with van der Waals surface area (Å²) >= 11 is 0. The minimum atomic E-state index is -0.282. The molecule has 138 valence electrons. The molecule has 1 heterocycles. The molecule has 0 saturated heterocycles. The Bertz CT molecular complexity index is 988. The molecule has 4 rings (SSSR count). The fourth-order valence-electron chi connectivity index (χ4n) is 3.59. The molecule has 0 unspecified atom stereocenters. The molecule has 3 aromatic rings. The van der Waals surface area contributed by atoms with Gasteiger partial charge in [-0.25, -0.2) is 0 Å². The first kappa shape index (κ1) is 17.7. The summed E-state index contributed by atoms with van der Waals surface area (Å²) in [5, 5.41) is 0. The third-order valence-electron chi connectivity index (χ3n) is 4.99. The second-order valence-corrected chi connectivity index (χ2v) is 6.70. The lowest BCUT2D eigenvalue weighted by molar-refractivity contribution is 0.0960. The highest BCUT2D eigenvalue weighted by Crippen LogP contribution is 2.41. The fourth-order valence-corrected chi connectivity index (χ4v) is 3.59. The molecule has 0 aromatic heterocycles. The zero-order valence-corrected chi connectivity index (χ0v) is 15.8. The standard InChI is InChI=1S/C24H20N2O2/c1-25-19-15-9-10-16-20(19)26(2)24(25)21(22(27)17-11-5-3-6-12-17)23(28)18-13-7-4-8-14-18/h3-16H,1-2H3. The van der Waals surface area contributed by atoms with Gasteiger partial charge in [0.25, 0.3) is 0 Å². The number of hydrogen-bond acceptors (Lipinski definition) is 4. The van der Waals surface area contributed by atoms with E-state index in [-0.39, 0.29) is 17.1 Å². The molecule has 0 radical (unpaired) electrons. The van der Waals surface area contributed by atoms with Gasteiger partial charge in [-0.1, -0.05) is 72.8 Å². The lowest BCUT2D eigenvalue weighted by Gasteiger charge is -2.22. The van der Waals surface area contributed by atoms with Gasteiger partial charge in [0.15, 0.2) is 0 Å². The molecular weight excluding hydrogens is 348 g/mol. The van der Waals surface area contributed by atoms with Gasteiger partial charge in [0, 0.05) is 25.2 Å². The van der Waals surface area contributed by atoms with Crippen LogP contribution in [0.5, 0.6) is 0 Å². The van der Waals surface area contributed by atoms with Crippen LogP contribution in [0.25, 0.3) is 0 Å². The Morgan fingerprint density at radius 1 is 0.571 bits per heavy atom. The molecule has 0 aliphatic carbocycles. The number of allylic oxidation sites excluding steroid dienone is 1. The molecule has 0 fully saturated rings. The maximum Gasteiger partial charge on any atom is 0.200 e. The zero-order chi connectivity index (χ0) is 19.7. The smallest absolute Gasteiger partial charge is 0.200 e. The average molecular weight is 368 g/mol. The molecule has 0 amide bonds. The van der Waals surface area contributed by atoms with Gasteiger partial charge in [-0.05, 0) is 12.1 Å². The van der Waals surface area contributed by atoms with Gasteiger partial charge >= 0.3 is 0 Å². The van der Waals surface area contributed by atoms with Crippen LogP contribution in [0.1, 0.15) is 20.7 Å². The molecule has 0 atom stereocenters. The number of carbonyl (C=O) groups is 2. The van der Waals surface area contributed by atoms with E-state index < -0.39 is 0 Å². The maximum absolute atomic E-state index is 13.5. The van der Waals surface area contributed by atoms with Crippen molar-refractivity contribution in [1.82, 2.24) is 0 Å². The van der Waals surface area contributed by atoms with E-state index in [2.05, 4.69) is 0 Å². The Morgan fingerprint density at radius 2 is 0.929 bits per heavy atom. The van der Waals surface area contributed by atoms with Gasteiger partial charge in [0.05, 0.1) is 11.4 Å². The number of hydrogen-bond donors (Lipinski definition) is 0. The van der Waals surface area contributed by atoms with E-state index >= 15 is 0 Å². The van der Waals surface area contributed by atoms with Crippen molar-refractivity contribution in [2.24, 2.45) is 0 Å². The van der Waals surface area contributed by atoms with Crippen molar-refractivity contribution < 1.29 is 9.59 Å². The normalized spacial score (nSPS) is 12.7. The second kappa shape index (κ2) is 7.16. The van der Waals surface area contributed by atoms with Gasteiger partial charge in [0.2, 0.25) is 11.6 Å². The van der Waals surface area contributed by atoms with Crippen LogP contribution in [0.4, 0.5) is 11.4 Å². The SMILES string of the molecule is CN1C(=C(C(=O)c2ccccc2)C(=O)c2ccccc2)N(C)c2ccccc21. The molecule has 0 N–H and O–H groups in total. The summed E-state index contributed by atoms with van der Waals surface area (Å²) in [6.07, 6.45) is 0. The summed E-state index contributed by atoms with van der Waals surface area (Å²) in [6.45, 7) is 0. The lowest BCUT2D eigenvalue weighted by Crippen LogP contribution is -2.30. The summed E-state index contributed by atoms with van der Waals surface area (Å²) < 4.78 is 0. The van der Waals surface area contributed by atoms with Gasteiger partial charge in [-0.15, -0.1) is 0 Å². The third-order valence-corrected chi connectivity index (χ3v) is 4.99. The Labute approximate surface area is 164 Å². The molecule has 3 aromatic carbocycles. The van der Waals surface area contributed by atoms with Crippen LogP contribution >= 0.6 is 0 Å². The Balaban J connectivity index is 1.93. The number of fused-ring (bicyclic) bond motifs is 1. The fraction of sp³-hybridized carbons (Fsp3) is 0.0833. The highest BCUT2D eigenvalue weighted by atomic mass is 16.1. The van der Waals surface area contributed by atoms with Crippen LogP contribution in [-0.4, -0.2) is 25.7 Å². The van der Waals surface area contributed by atoms with E-state index in [9.17, 15) is 9.59 Å². The molecule has 4 nitrogen and oxygen atoms in total. The molecule has 28 heavy (non-hydrogen) atoms. The van der Waals surface area contributed by atoms with E-state index in [1.54, 1.807) is 48.5 Å². The third kappa shape index (κ3) is 2.89. The van der Waals surface area contributed by atoms with Crippen molar-refractivity contribution >= 4 is 22.9 Å². The van der Waals surface area contributed by atoms with Crippen LogP contribution in [0.15, 0.2) is 96.3 Å². The van der Waals surface area contributed by atoms with Crippen LogP contribution in [0.3, 0.4) is 0 Å². The number of anilines is 2. The van der Waals surface area contributed by atoms with Crippen molar-refractivity contribution in [3.8, 4) is 0 Å². The quantitative estimate of drug-likeness (QED) is 0.293. The van der Waals surface area contributed by atoms with Crippen molar-refractivity contribution in [2.75, 3.05) is 23.9 Å². The number of benzene rings is 3. The van der Waals surface area contributed by atoms with Gasteiger partial charge in [-0.2, -0.15) is 0 Å². The topological polar surface area (TPSA) is 40.6 Å². The minimum Gasteiger partial charge on any atom is -0.328 e. The average Bonchev–Trinajstić information content (AvgIpc) is 3.00. The molecule has 4 heteroatoms. The Morgan fingerprint density at radius 3 is 1.32 bits per heavy atom. The van der Waals surface area contributed by atoms with E-state index in [0.717, 1.165) is 11.4 Å². The van der Waals surface area contributed by atoms with Gasteiger partial charge in [0.1, 0.15) is 11.4 Å². The highest BCUT2D eigenvalue weighted by molar-refractivity contribution is 6.32. The summed E-state index contributed by atoms with van der Waals surface area (Å²) in [7, 11) is 3.77. The van der Waals surface area contributed by atoms with Crippen molar-refractivity contribution in [1.29, 1.82) is 0 Å². The minimum absolute atomic E-state index is 0.165. The summed E-state index contributed by atoms with van der Waals surface area (Å²) in [6, 6.07) is 25.7. The first-order chi connectivity index (χ1) is 13.6. The first-order valence-electron chi connectivity index (χ1n) is 9.10. The van der Waals surface area contributed by atoms with Crippen molar-refractivity contribution in [3.05, 3.63) is 107 Å². The van der Waals surface area contributed by atoms with Crippen LogP contribution < -0.4 is 9.80 Å². The first-order valence-corrected chi connectivity index (χ1v) is 9.10. The monoisotopic (exact) mass is 368 g/mol. The van der Waals surface area contributed by atoms with E-state index in [1.165, 1.54) is 0 Å². The summed E-state index contributed by atoms with van der Waals surface area (Å²) in [5.74, 6) is 0.0239. The van der Waals surface area contributed by atoms with E-state index in [1.807, 2.05) is 60.3 Å². The predicted molar refractivity (Wildman–Crippen MR) is 112 cm³/mol. The van der Waals surface area contributed by atoms with Gasteiger partial charge < -0.3 is 9.80 Å². The molecule has 0 saturated carbocycles.